The largest absolute Gasteiger partial charge is 0.490 e. The van der Waals surface area contributed by atoms with Crippen LogP contribution in [0.5, 0.6) is 11.5 Å². The van der Waals surface area contributed by atoms with Crippen LogP contribution in [0.4, 0.5) is 5.95 Å². The molecule has 164 valence electrons. The minimum absolute atomic E-state index is 0.00525. The normalized spacial score (nSPS) is 20.8. The molecule has 2 aromatic rings. The summed E-state index contributed by atoms with van der Waals surface area (Å²) in [5.74, 6) is 1.72. The summed E-state index contributed by atoms with van der Waals surface area (Å²) in [7, 11) is 0. The number of aromatic nitrogens is 2. The Kier molecular flexibility index (Phi) is 6.49. The predicted molar refractivity (Wildman–Crippen MR) is 114 cm³/mol. The molecule has 2 atom stereocenters. The molecular formula is C22H27N5O4. The third-order valence-electron chi connectivity index (χ3n) is 5.32. The first-order valence-corrected chi connectivity index (χ1v) is 10.7. The van der Waals surface area contributed by atoms with Crippen molar-refractivity contribution in [2.45, 2.75) is 38.3 Å². The fourth-order valence-electron chi connectivity index (χ4n) is 3.80. The summed E-state index contributed by atoms with van der Waals surface area (Å²) in [6, 6.07) is 7.49. The summed E-state index contributed by atoms with van der Waals surface area (Å²) >= 11 is 0. The Bertz CT molecular complexity index is 920. The lowest BCUT2D eigenvalue weighted by atomic mass is 10.1. The average Bonchev–Trinajstić information content (AvgIpc) is 3.20. The molecule has 0 saturated carbocycles. The van der Waals surface area contributed by atoms with Crippen LogP contribution < -0.4 is 25.0 Å². The van der Waals surface area contributed by atoms with Crippen molar-refractivity contribution in [1.82, 2.24) is 20.6 Å². The summed E-state index contributed by atoms with van der Waals surface area (Å²) in [6.45, 7) is 4.46. The van der Waals surface area contributed by atoms with Crippen molar-refractivity contribution in [3.05, 3.63) is 42.2 Å². The molecule has 2 saturated heterocycles. The number of para-hydroxylation sites is 2. The summed E-state index contributed by atoms with van der Waals surface area (Å²) in [6.07, 6.45) is 5.23. The van der Waals surface area contributed by atoms with Gasteiger partial charge in [-0.1, -0.05) is 12.1 Å². The van der Waals surface area contributed by atoms with Crippen LogP contribution in [0.2, 0.25) is 0 Å². The predicted octanol–water partition coefficient (Wildman–Crippen LogP) is 1.54. The quantitative estimate of drug-likeness (QED) is 0.693. The van der Waals surface area contributed by atoms with E-state index in [9.17, 15) is 9.59 Å². The lowest BCUT2D eigenvalue weighted by molar-refractivity contribution is -0.119. The number of carbonyl (C=O) groups excluding carboxylic acids is 2. The van der Waals surface area contributed by atoms with Crippen LogP contribution in [0, 0.1) is 0 Å². The van der Waals surface area contributed by atoms with Gasteiger partial charge in [0.1, 0.15) is 6.10 Å². The number of hydrogen-bond acceptors (Lipinski definition) is 7. The van der Waals surface area contributed by atoms with E-state index >= 15 is 0 Å². The highest BCUT2D eigenvalue weighted by molar-refractivity contribution is 5.94. The van der Waals surface area contributed by atoms with Crippen LogP contribution in [-0.4, -0.2) is 60.2 Å². The fourth-order valence-corrected chi connectivity index (χ4v) is 3.80. The minimum Gasteiger partial charge on any atom is -0.490 e. The zero-order valence-corrected chi connectivity index (χ0v) is 17.5. The number of benzene rings is 1. The first-order valence-electron chi connectivity index (χ1n) is 10.7. The molecule has 2 aliphatic heterocycles. The Morgan fingerprint density at radius 3 is 2.74 bits per heavy atom. The molecular weight excluding hydrogens is 398 g/mol. The minimum atomic E-state index is -0.277. The van der Waals surface area contributed by atoms with Gasteiger partial charge in [-0.2, -0.15) is 0 Å². The average molecular weight is 425 g/mol. The number of rotatable bonds is 7. The molecule has 2 N–H and O–H groups in total. The molecule has 3 heterocycles. The van der Waals surface area contributed by atoms with Crippen molar-refractivity contribution in [3.63, 3.8) is 0 Å². The molecule has 0 aliphatic carbocycles. The van der Waals surface area contributed by atoms with E-state index in [4.69, 9.17) is 9.47 Å². The lowest BCUT2D eigenvalue weighted by Crippen LogP contribution is -2.42. The first-order chi connectivity index (χ1) is 15.1. The van der Waals surface area contributed by atoms with Gasteiger partial charge >= 0.3 is 0 Å². The van der Waals surface area contributed by atoms with E-state index in [1.807, 2.05) is 31.2 Å². The molecule has 1 aromatic carbocycles. The second-order valence-corrected chi connectivity index (χ2v) is 7.66. The summed E-state index contributed by atoms with van der Waals surface area (Å²) < 4.78 is 11.9. The number of hydrogen-bond donors (Lipinski definition) is 2. The number of ether oxygens (including phenoxy) is 2. The maximum atomic E-state index is 12.4. The van der Waals surface area contributed by atoms with E-state index in [0.29, 0.717) is 37.6 Å². The van der Waals surface area contributed by atoms with Gasteiger partial charge in [-0.15, -0.1) is 0 Å². The Hall–Kier alpha value is -3.36. The van der Waals surface area contributed by atoms with Crippen molar-refractivity contribution in [1.29, 1.82) is 0 Å². The van der Waals surface area contributed by atoms with E-state index in [0.717, 1.165) is 30.9 Å². The number of nitrogens with zero attached hydrogens (tertiary/aromatic N) is 3. The second-order valence-electron chi connectivity index (χ2n) is 7.66. The number of nitrogens with one attached hydrogen (secondary N) is 2. The maximum Gasteiger partial charge on any atom is 0.254 e. The van der Waals surface area contributed by atoms with E-state index < -0.39 is 0 Å². The second kappa shape index (κ2) is 9.63. The molecule has 2 amide bonds. The van der Waals surface area contributed by atoms with Gasteiger partial charge < -0.3 is 25.0 Å². The Morgan fingerprint density at radius 2 is 2.03 bits per heavy atom. The Balaban J connectivity index is 1.36. The third-order valence-corrected chi connectivity index (χ3v) is 5.32. The SMILES string of the molecule is CCOc1ccccc1O[C@@H]1CCCN(c2ncc(C(=O)N[C@H]3CNC(=O)C3)cn2)C1. The summed E-state index contributed by atoms with van der Waals surface area (Å²) in [5.41, 5.74) is 0.374. The van der Waals surface area contributed by atoms with Crippen LogP contribution in [0.1, 0.15) is 36.5 Å². The molecule has 1 aromatic heterocycles. The molecule has 9 nitrogen and oxygen atoms in total. The first kappa shape index (κ1) is 20.9. The molecule has 0 radical (unpaired) electrons. The third kappa shape index (κ3) is 5.22. The topological polar surface area (TPSA) is 106 Å². The van der Waals surface area contributed by atoms with Crippen LogP contribution in [0.3, 0.4) is 0 Å². The molecule has 31 heavy (non-hydrogen) atoms. The van der Waals surface area contributed by atoms with Crippen LogP contribution in [-0.2, 0) is 4.79 Å². The van der Waals surface area contributed by atoms with E-state index in [1.54, 1.807) is 0 Å². The van der Waals surface area contributed by atoms with Crippen LogP contribution >= 0.6 is 0 Å². The highest BCUT2D eigenvalue weighted by atomic mass is 16.5. The molecule has 2 aliphatic rings. The molecule has 0 bridgehead atoms. The number of amides is 2. The van der Waals surface area contributed by atoms with Gasteiger partial charge in [-0.25, -0.2) is 9.97 Å². The monoisotopic (exact) mass is 425 g/mol. The zero-order valence-electron chi connectivity index (χ0n) is 17.5. The van der Waals surface area contributed by atoms with Crippen molar-refractivity contribution >= 4 is 17.8 Å². The number of carbonyl (C=O) groups is 2. The van der Waals surface area contributed by atoms with Gasteiger partial charge in [0.05, 0.1) is 24.8 Å². The van der Waals surface area contributed by atoms with Gasteiger partial charge in [0.2, 0.25) is 11.9 Å². The highest BCUT2D eigenvalue weighted by Crippen LogP contribution is 2.29. The molecule has 9 heteroatoms. The number of piperidine rings is 1. The maximum absolute atomic E-state index is 12.4. The van der Waals surface area contributed by atoms with Gasteiger partial charge in [0, 0.05) is 31.9 Å². The fraction of sp³-hybridized carbons (Fsp3) is 0.455. The van der Waals surface area contributed by atoms with Crippen molar-refractivity contribution in [2.24, 2.45) is 0 Å². The summed E-state index contributed by atoms with van der Waals surface area (Å²) in [5, 5.41) is 5.53. The van der Waals surface area contributed by atoms with Gasteiger partial charge in [-0.3, -0.25) is 9.59 Å². The molecule has 2 fully saturated rings. The zero-order chi connectivity index (χ0) is 21.6. The van der Waals surface area contributed by atoms with E-state index in [-0.39, 0.29) is 24.0 Å². The Morgan fingerprint density at radius 1 is 1.26 bits per heavy atom. The van der Waals surface area contributed by atoms with Gasteiger partial charge in [0.25, 0.3) is 5.91 Å². The van der Waals surface area contributed by atoms with Crippen molar-refractivity contribution < 1.29 is 19.1 Å². The smallest absolute Gasteiger partial charge is 0.254 e. The Labute approximate surface area is 181 Å². The van der Waals surface area contributed by atoms with Gasteiger partial charge in [0.15, 0.2) is 11.5 Å². The van der Waals surface area contributed by atoms with E-state index in [2.05, 4.69) is 25.5 Å². The van der Waals surface area contributed by atoms with E-state index in [1.165, 1.54) is 12.4 Å². The highest BCUT2D eigenvalue weighted by Gasteiger charge is 2.26. The van der Waals surface area contributed by atoms with Crippen LogP contribution in [0.25, 0.3) is 0 Å². The lowest BCUT2D eigenvalue weighted by Gasteiger charge is -2.33. The number of anilines is 1. The summed E-state index contributed by atoms with van der Waals surface area (Å²) in [4.78, 5) is 34.5. The molecule has 0 unspecified atom stereocenters. The molecule has 4 rings (SSSR count). The van der Waals surface area contributed by atoms with Crippen molar-refractivity contribution in [3.8, 4) is 11.5 Å². The standard InChI is InChI=1S/C22H27N5O4/c1-2-30-18-7-3-4-8-19(18)31-17-6-5-9-27(14-17)22-24-11-15(12-25-22)21(29)26-16-10-20(28)23-13-16/h3-4,7-8,11-12,16-17H,2,5-6,9-10,13-14H2,1H3,(H,23,28)(H,26,29)/t16-,17-/m1/s1. The molecule has 0 spiro atoms. The van der Waals surface area contributed by atoms with Crippen LogP contribution in [0.15, 0.2) is 36.7 Å². The van der Waals surface area contributed by atoms with Crippen molar-refractivity contribution in [2.75, 3.05) is 31.1 Å². The van der Waals surface area contributed by atoms with Gasteiger partial charge in [-0.05, 0) is 31.9 Å².